The topological polar surface area (TPSA) is 34.4 Å². The first-order valence-corrected chi connectivity index (χ1v) is 4.24. The molecule has 1 aromatic heterocycles. The molecule has 70 valence electrons. The zero-order chi connectivity index (χ0) is 10.0. The van der Waals surface area contributed by atoms with Crippen molar-refractivity contribution in [1.29, 1.82) is 0 Å². The molecule has 0 amide bonds. The molecule has 0 atom stereocenters. The molecule has 0 aliphatic rings. The number of hydrogen-bond acceptors (Lipinski definition) is 2. The van der Waals surface area contributed by atoms with E-state index in [9.17, 15) is 4.79 Å². The summed E-state index contributed by atoms with van der Waals surface area (Å²) in [5, 5.41) is 4.20. The number of Topliss-reactive ketones (excluding diaryl/α,β-unsaturated/α-hetero) is 1. The van der Waals surface area contributed by atoms with Crippen LogP contribution in [0, 0.1) is 13.8 Å². The van der Waals surface area contributed by atoms with Crippen LogP contribution < -0.4 is 0 Å². The van der Waals surface area contributed by atoms with E-state index in [2.05, 4.69) is 5.10 Å². The second-order valence-electron chi connectivity index (χ2n) is 3.17. The molecule has 0 unspecified atom stereocenters. The van der Waals surface area contributed by atoms with E-state index < -0.39 is 0 Å². The van der Waals surface area contributed by atoms with Crippen LogP contribution in [0.5, 0.6) is 0 Å². The second kappa shape index (κ2) is 3.56. The average molecular weight is 178 g/mol. The fourth-order valence-corrected chi connectivity index (χ4v) is 1.04. The van der Waals surface area contributed by atoms with Crippen LogP contribution in [0.2, 0.25) is 0 Å². The second-order valence-corrected chi connectivity index (χ2v) is 3.17. The molecule has 0 radical (unpaired) electrons. The number of hydrogen-bond donors (Lipinski definition) is 0. The number of nitrogens with zero attached hydrogens (tertiary/aromatic N) is 2. The van der Waals surface area contributed by atoms with Gasteiger partial charge >= 0.3 is 0 Å². The van der Waals surface area contributed by atoms with Gasteiger partial charge in [-0.05, 0) is 32.9 Å². The molecule has 0 aliphatic heterocycles. The molecule has 0 aliphatic carbocycles. The molecule has 0 fully saturated rings. The predicted molar refractivity (Wildman–Crippen MR) is 53.1 cm³/mol. The molecule has 0 aromatic carbocycles. The van der Waals surface area contributed by atoms with Crippen molar-refractivity contribution in [3.05, 3.63) is 23.5 Å². The Morgan fingerprint density at radius 3 is 2.08 bits per heavy atom. The Morgan fingerprint density at radius 1 is 1.23 bits per heavy atom. The Hall–Kier alpha value is -1.38. The number of carbonyl (C=O) groups is 1. The summed E-state index contributed by atoms with van der Waals surface area (Å²) in [4.78, 5) is 10.9. The van der Waals surface area contributed by atoms with Gasteiger partial charge in [0.05, 0.1) is 0 Å². The molecule has 1 heterocycles. The highest BCUT2D eigenvalue weighted by molar-refractivity contribution is 6.37. The van der Waals surface area contributed by atoms with Gasteiger partial charge < -0.3 is 0 Å². The summed E-state index contributed by atoms with van der Waals surface area (Å²) in [6.45, 7) is 7.17. The third-order valence-electron chi connectivity index (χ3n) is 1.99. The first-order chi connectivity index (χ1) is 6.02. The molecule has 0 spiro atoms. The van der Waals surface area contributed by atoms with E-state index in [4.69, 9.17) is 0 Å². The van der Waals surface area contributed by atoms with Gasteiger partial charge in [0.1, 0.15) is 5.71 Å². The molecular formula is C10H14N2O. The van der Waals surface area contributed by atoms with Crippen molar-refractivity contribution in [2.45, 2.75) is 27.7 Å². The summed E-state index contributed by atoms with van der Waals surface area (Å²) in [5.41, 5.74) is 2.61. The Bertz CT molecular complexity index is 342. The van der Waals surface area contributed by atoms with Gasteiger partial charge in [0.2, 0.25) is 0 Å². The highest BCUT2D eigenvalue weighted by atomic mass is 16.1. The molecule has 3 heteroatoms. The van der Waals surface area contributed by atoms with Crippen molar-refractivity contribution in [2.24, 2.45) is 5.10 Å². The van der Waals surface area contributed by atoms with Gasteiger partial charge in [-0.1, -0.05) is 0 Å². The Kier molecular flexibility index (Phi) is 2.66. The third kappa shape index (κ3) is 2.05. The van der Waals surface area contributed by atoms with Gasteiger partial charge in [0.15, 0.2) is 5.78 Å². The van der Waals surface area contributed by atoms with Crippen LogP contribution in [0.1, 0.15) is 25.2 Å². The maximum atomic E-state index is 10.9. The zero-order valence-electron chi connectivity index (χ0n) is 8.46. The summed E-state index contributed by atoms with van der Waals surface area (Å²) >= 11 is 0. The first kappa shape index (κ1) is 9.71. The lowest BCUT2D eigenvalue weighted by Gasteiger charge is -2.02. The number of aromatic nitrogens is 1. The normalized spacial score (nSPS) is 11.8. The Balaban J connectivity index is 3.10. The van der Waals surface area contributed by atoms with Crippen LogP contribution in [0.3, 0.4) is 0 Å². The number of ketones is 1. The molecule has 0 saturated carbocycles. The quantitative estimate of drug-likeness (QED) is 0.637. The smallest absolute Gasteiger partial charge is 0.175 e. The van der Waals surface area contributed by atoms with E-state index in [1.54, 1.807) is 11.6 Å². The van der Waals surface area contributed by atoms with Crippen molar-refractivity contribution in [2.75, 3.05) is 0 Å². The van der Waals surface area contributed by atoms with E-state index >= 15 is 0 Å². The van der Waals surface area contributed by atoms with E-state index in [1.807, 2.05) is 26.0 Å². The van der Waals surface area contributed by atoms with Gasteiger partial charge in [-0.2, -0.15) is 5.10 Å². The van der Waals surface area contributed by atoms with Crippen molar-refractivity contribution < 1.29 is 4.79 Å². The monoisotopic (exact) mass is 178 g/mol. The SMILES string of the molecule is CC(=O)/C(C)=N\n1c(C)ccc1C. The highest BCUT2D eigenvalue weighted by Gasteiger charge is 2.02. The number of carbonyl (C=O) groups excluding carboxylic acids is 1. The van der Waals surface area contributed by atoms with Crippen LogP contribution in [0.15, 0.2) is 17.2 Å². The molecule has 1 aromatic rings. The average Bonchev–Trinajstić information content (AvgIpc) is 2.35. The summed E-state index contributed by atoms with van der Waals surface area (Å²) < 4.78 is 1.77. The maximum absolute atomic E-state index is 10.9. The zero-order valence-corrected chi connectivity index (χ0v) is 8.46. The number of aryl methyl sites for hydroxylation is 2. The summed E-state index contributed by atoms with van der Waals surface area (Å²) in [6, 6.07) is 3.96. The lowest BCUT2D eigenvalue weighted by atomic mass is 10.3. The Morgan fingerprint density at radius 2 is 1.69 bits per heavy atom. The minimum atomic E-state index is 0.00694. The van der Waals surface area contributed by atoms with E-state index in [0.717, 1.165) is 11.4 Å². The van der Waals surface area contributed by atoms with Gasteiger partial charge in [-0.25, -0.2) is 4.68 Å². The van der Waals surface area contributed by atoms with Gasteiger partial charge in [0, 0.05) is 18.3 Å². The predicted octanol–water partition coefficient (Wildman–Crippen LogP) is 1.92. The van der Waals surface area contributed by atoms with Gasteiger partial charge in [-0.3, -0.25) is 4.79 Å². The van der Waals surface area contributed by atoms with Crippen molar-refractivity contribution in [1.82, 2.24) is 4.68 Å². The molecular weight excluding hydrogens is 164 g/mol. The molecule has 3 nitrogen and oxygen atoms in total. The number of rotatable bonds is 2. The molecule has 13 heavy (non-hydrogen) atoms. The van der Waals surface area contributed by atoms with Crippen LogP contribution in [-0.4, -0.2) is 16.2 Å². The lowest BCUT2D eigenvalue weighted by Crippen LogP contribution is -2.08. The molecule has 0 saturated heterocycles. The van der Waals surface area contributed by atoms with E-state index in [0.29, 0.717) is 5.71 Å². The summed E-state index contributed by atoms with van der Waals surface area (Å²) in [7, 11) is 0. The lowest BCUT2D eigenvalue weighted by molar-refractivity contribution is -0.111. The molecule has 0 N–H and O–H groups in total. The maximum Gasteiger partial charge on any atom is 0.175 e. The summed E-state index contributed by atoms with van der Waals surface area (Å²) in [5.74, 6) is 0.00694. The van der Waals surface area contributed by atoms with Crippen LogP contribution >= 0.6 is 0 Å². The Labute approximate surface area is 78.1 Å². The standard InChI is InChI=1S/C10H14N2O/c1-7-5-6-8(2)12(7)11-9(3)10(4)13/h5-6H,1-4H3/b11-9-. The fourth-order valence-electron chi connectivity index (χ4n) is 1.04. The van der Waals surface area contributed by atoms with E-state index in [-0.39, 0.29) is 5.78 Å². The largest absolute Gasteiger partial charge is 0.293 e. The molecule has 0 bridgehead atoms. The fraction of sp³-hybridized carbons (Fsp3) is 0.400. The van der Waals surface area contributed by atoms with Crippen LogP contribution in [0.4, 0.5) is 0 Å². The highest BCUT2D eigenvalue weighted by Crippen LogP contribution is 2.06. The first-order valence-electron chi connectivity index (χ1n) is 4.24. The third-order valence-corrected chi connectivity index (χ3v) is 1.99. The van der Waals surface area contributed by atoms with E-state index in [1.165, 1.54) is 6.92 Å². The minimum absolute atomic E-state index is 0.00694. The minimum Gasteiger partial charge on any atom is -0.293 e. The van der Waals surface area contributed by atoms with Gasteiger partial charge in [0.25, 0.3) is 0 Å². The van der Waals surface area contributed by atoms with Crippen molar-refractivity contribution in [3.63, 3.8) is 0 Å². The van der Waals surface area contributed by atoms with Gasteiger partial charge in [-0.15, -0.1) is 0 Å². The molecule has 1 rings (SSSR count). The van der Waals surface area contributed by atoms with Crippen molar-refractivity contribution in [3.8, 4) is 0 Å². The van der Waals surface area contributed by atoms with Crippen molar-refractivity contribution >= 4 is 11.5 Å². The summed E-state index contributed by atoms with van der Waals surface area (Å²) in [6.07, 6.45) is 0. The van der Waals surface area contributed by atoms with Crippen LogP contribution in [0.25, 0.3) is 0 Å². The van der Waals surface area contributed by atoms with Crippen LogP contribution in [-0.2, 0) is 4.79 Å².